The summed E-state index contributed by atoms with van der Waals surface area (Å²) in [4.78, 5) is 39.0. The molecule has 0 spiro atoms. The molecule has 1 aromatic heterocycles. The number of nitro groups is 1. The Bertz CT molecular complexity index is 1370. The van der Waals surface area contributed by atoms with Crippen molar-refractivity contribution in [2.24, 2.45) is 5.92 Å². The number of anilines is 1. The van der Waals surface area contributed by atoms with Gasteiger partial charge in [0, 0.05) is 35.2 Å². The quantitative estimate of drug-likeness (QED) is 0.301. The average Bonchev–Trinajstić information content (AvgIpc) is 3.23. The number of amides is 2. The minimum Gasteiger partial charge on any atom is -0.329 e. The van der Waals surface area contributed by atoms with Crippen LogP contribution < -0.4 is 5.32 Å². The third-order valence-corrected chi connectivity index (χ3v) is 6.41. The van der Waals surface area contributed by atoms with Crippen LogP contribution in [0.25, 0.3) is 5.69 Å². The van der Waals surface area contributed by atoms with E-state index in [4.69, 9.17) is 5.10 Å². The van der Waals surface area contributed by atoms with Crippen LogP contribution in [0.5, 0.6) is 0 Å². The molecule has 0 aliphatic carbocycles. The molecule has 3 rings (SSSR count). The lowest BCUT2D eigenvalue weighted by Crippen LogP contribution is -2.40. The van der Waals surface area contributed by atoms with Gasteiger partial charge in [0.1, 0.15) is 12.4 Å². The molecule has 0 radical (unpaired) electrons. The monoisotopic (exact) mass is 519 g/mol. The van der Waals surface area contributed by atoms with E-state index in [9.17, 15) is 19.7 Å². The lowest BCUT2D eigenvalue weighted by molar-refractivity contribution is -0.385. The maximum atomic E-state index is 13.4. The Morgan fingerprint density at radius 3 is 2.37 bits per heavy atom. The molecule has 202 valence electrons. The van der Waals surface area contributed by atoms with Gasteiger partial charge in [-0.05, 0) is 49.9 Å². The second kappa shape index (κ2) is 11.2. The van der Waals surface area contributed by atoms with Gasteiger partial charge in [0.25, 0.3) is 11.6 Å². The first-order valence-corrected chi connectivity index (χ1v) is 12.7. The highest BCUT2D eigenvalue weighted by molar-refractivity contribution is 5.99. The maximum Gasteiger partial charge on any atom is 0.273 e. The summed E-state index contributed by atoms with van der Waals surface area (Å²) in [5.74, 6) is -0.223. The lowest BCUT2D eigenvalue weighted by atomic mass is 9.92. The molecule has 1 N–H and O–H groups in total. The van der Waals surface area contributed by atoms with E-state index in [0.29, 0.717) is 17.9 Å². The minimum absolute atomic E-state index is 0.0835. The van der Waals surface area contributed by atoms with Crippen molar-refractivity contribution in [1.29, 1.82) is 0 Å². The molecule has 2 aromatic carbocycles. The number of hydrogen-bond acceptors (Lipinski definition) is 5. The molecule has 3 aromatic rings. The molecular formula is C29H37N5O4. The second-order valence-electron chi connectivity index (χ2n) is 11.2. The Morgan fingerprint density at radius 2 is 1.76 bits per heavy atom. The van der Waals surface area contributed by atoms with E-state index in [1.165, 1.54) is 11.0 Å². The van der Waals surface area contributed by atoms with Crippen molar-refractivity contribution in [1.82, 2.24) is 14.7 Å². The van der Waals surface area contributed by atoms with Crippen molar-refractivity contribution in [2.75, 3.05) is 18.4 Å². The normalized spacial score (nSPS) is 11.5. The number of carbonyl (C=O) groups excluding carboxylic acids is 2. The molecule has 0 atom stereocenters. The van der Waals surface area contributed by atoms with Gasteiger partial charge in [-0.25, -0.2) is 4.68 Å². The highest BCUT2D eigenvalue weighted by Gasteiger charge is 2.25. The molecule has 2 amide bonds. The third-order valence-electron chi connectivity index (χ3n) is 6.41. The highest BCUT2D eigenvalue weighted by Crippen LogP contribution is 2.28. The zero-order valence-electron chi connectivity index (χ0n) is 23.5. The second-order valence-corrected chi connectivity index (χ2v) is 11.2. The van der Waals surface area contributed by atoms with Crippen molar-refractivity contribution in [3.63, 3.8) is 0 Å². The van der Waals surface area contributed by atoms with Gasteiger partial charge in [0.15, 0.2) is 0 Å². The standard InChI is InChI=1S/C29H37N5O4/c1-18(2)16-32(28(36)22-13-12-20(4)24(14-22)34(37)38)17-27(35)30-26-15-25(29(6,7)8)31-33(26)23-11-9-10-19(3)21(23)5/h9-15,18H,16-17H2,1-8H3,(H,30,35). The van der Waals surface area contributed by atoms with Crippen molar-refractivity contribution >= 4 is 23.3 Å². The van der Waals surface area contributed by atoms with Crippen LogP contribution in [0, 0.1) is 36.8 Å². The predicted molar refractivity (Wildman–Crippen MR) is 149 cm³/mol. The van der Waals surface area contributed by atoms with Crippen LogP contribution in [0.15, 0.2) is 42.5 Å². The summed E-state index contributed by atoms with van der Waals surface area (Å²) < 4.78 is 1.73. The number of aromatic nitrogens is 2. The van der Waals surface area contributed by atoms with E-state index >= 15 is 0 Å². The first-order valence-electron chi connectivity index (χ1n) is 12.7. The fourth-order valence-corrected chi connectivity index (χ4v) is 4.12. The van der Waals surface area contributed by atoms with E-state index in [1.807, 2.05) is 52.0 Å². The molecule has 1 heterocycles. The molecule has 9 nitrogen and oxygen atoms in total. The molecule has 0 bridgehead atoms. The van der Waals surface area contributed by atoms with Gasteiger partial charge in [-0.1, -0.05) is 52.8 Å². The van der Waals surface area contributed by atoms with Crippen LogP contribution in [0.2, 0.25) is 0 Å². The summed E-state index contributed by atoms with van der Waals surface area (Å²) in [6, 6.07) is 12.2. The van der Waals surface area contributed by atoms with E-state index in [2.05, 4.69) is 26.1 Å². The number of aryl methyl sites for hydroxylation is 2. The smallest absolute Gasteiger partial charge is 0.273 e. The number of rotatable bonds is 8. The molecule has 0 saturated carbocycles. The summed E-state index contributed by atoms with van der Waals surface area (Å²) in [6.07, 6.45) is 0. The molecule has 0 unspecified atom stereocenters. The summed E-state index contributed by atoms with van der Waals surface area (Å²) in [5.41, 5.74) is 4.09. The first kappa shape index (κ1) is 28.6. The fourth-order valence-electron chi connectivity index (χ4n) is 4.12. The predicted octanol–water partition coefficient (Wildman–Crippen LogP) is 5.74. The number of nitrogens with zero attached hydrogens (tertiary/aromatic N) is 4. The minimum atomic E-state index is -0.507. The SMILES string of the molecule is Cc1ccc(C(=O)N(CC(=O)Nc2cc(C(C)(C)C)nn2-c2cccc(C)c2C)CC(C)C)cc1[N+](=O)[O-]. The van der Waals surface area contributed by atoms with Crippen molar-refractivity contribution in [3.05, 3.63) is 80.5 Å². The topological polar surface area (TPSA) is 110 Å². The van der Waals surface area contributed by atoms with Crippen LogP contribution in [-0.2, 0) is 10.2 Å². The fraction of sp³-hybridized carbons (Fsp3) is 0.414. The molecule has 0 aliphatic rings. The average molecular weight is 520 g/mol. The number of benzene rings is 2. The van der Waals surface area contributed by atoms with Crippen LogP contribution in [0.1, 0.15) is 67.4 Å². The summed E-state index contributed by atoms with van der Waals surface area (Å²) >= 11 is 0. The molecule has 9 heteroatoms. The molecule has 0 fully saturated rings. The zero-order valence-corrected chi connectivity index (χ0v) is 23.5. The Hall–Kier alpha value is -4.01. The van der Waals surface area contributed by atoms with Crippen LogP contribution in [0.4, 0.5) is 11.5 Å². The lowest BCUT2D eigenvalue weighted by Gasteiger charge is -2.24. The summed E-state index contributed by atoms with van der Waals surface area (Å²) in [5, 5.41) is 19.2. The van der Waals surface area contributed by atoms with Crippen molar-refractivity contribution in [3.8, 4) is 5.69 Å². The van der Waals surface area contributed by atoms with E-state index in [0.717, 1.165) is 22.5 Å². The van der Waals surface area contributed by atoms with Crippen LogP contribution in [-0.4, -0.2) is 44.5 Å². The summed E-state index contributed by atoms with van der Waals surface area (Å²) in [7, 11) is 0. The Morgan fingerprint density at radius 1 is 1.08 bits per heavy atom. The number of hydrogen-bond donors (Lipinski definition) is 1. The van der Waals surface area contributed by atoms with Gasteiger partial charge in [0.05, 0.1) is 16.3 Å². The van der Waals surface area contributed by atoms with E-state index < -0.39 is 10.8 Å². The van der Waals surface area contributed by atoms with Gasteiger partial charge < -0.3 is 10.2 Å². The maximum absolute atomic E-state index is 13.4. The highest BCUT2D eigenvalue weighted by atomic mass is 16.6. The molecule has 38 heavy (non-hydrogen) atoms. The number of nitrogens with one attached hydrogen (secondary N) is 1. The Balaban J connectivity index is 1.93. The van der Waals surface area contributed by atoms with E-state index in [-0.39, 0.29) is 35.0 Å². The molecule has 0 saturated heterocycles. The van der Waals surface area contributed by atoms with Gasteiger partial charge in [-0.3, -0.25) is 19.7 Å². The first-order chi connectivity index (χ1) is 17.7. The molecule has 0 aliphatic heterocycles. The number of nitro benzene ring substituents is 1. The van der Waals surface area contributed by atoms with Crippen LogP contribution >= 0.6 is 0 Å². The van der Waals surface area contributed by atoms with Crippen molar-refractivity contribution in [2.45, 2.75) is 60.8 Å². The summed E-state index contributed by atoms with van der Waals surface area (Å²) in [6.45, 7) is 15.8. The van der Waals surface area contributed by atoms with Crippen LogP contribution in [0.3, 0.4) is 0 Å². The largest absolute Gasteiger partial charge is 0.329 e. The third kappa shape index (κ3) is 6.45. The molecular weight excluding hydrogens is 482 g/mol. The van der Waals surface area contributed by atoms with Gasteiger partial charge in [-0.2, -0.15) is 5.10 Å². The number of carbonyl (C=O) groups is 2. The van der Waals surface area contributed by atoms with Crippen molar-refractivity contribution < 1.29 is 14.5 Å². The van der Waals surface area contributed by atoms with Gasteiger partial charge in [0.2, 0.25) is 5.91 Å². The van der Waals surface area contributed by atoms with Gasteiger partial charge >= 0.3 is 0 Å². The van der Waals surface area contributed by atoms with E-state index in [1.54, 1.807) is 23.7 Å². The Labute approximate surface area is 224 Å². The Kier molecular flexibility index (Phi) is 8.39. The van der Waals surface area contributed by atoms with Gasteiger partial charge in [-0.15, -0.1) is 0 Å². The zero-order chi connectivity index (χ0) is 28.4.